The van der Waals surface area contributed by atoms with Gasteiger partial charge in [-0.2, -0.15) is 0 Å². The number of nitrogens with zero attached hydrogens (tertiary/aromatic N) is 1. The number of likely N-dealkylation sites (N-methyl/N-ethyl adjacent to an activating group) is 1. The van der Waals surface area contributed by atoms with Crippen LogP contribution < -0.4 is 0 Å². The van der Waals surface area contributed by atoms with E-state index in [1.54, 1.807) is 0 Å². The standard InChI is InChI=1S/C19H25NO/c1-4-20(3)14-15-21-19(17-8-6-5-7-9-17)18-12-10-16(2)11-13-18/h5-13,19H,4,14-15H2,1-3H3. The summed E-state index contributed by atoms with van der Waals surface area (Å²) < 4.78 is 6.18. The molecule has 2 nitrogen and oxygen atoms in total. The summed E-state index contributed by atoms with van der Waals surface area (Å²) in [5, 5.41) is 0. The minimum absolute atomic E-state index is 0.0112. The molecule has 0 spiro atoms. The van der Waals surface area contributed by atoms with Gasteiger partial charge < -0.3 is 9.64 Å². The first-order valence-electron chi connectivity index (χ1n) is 7.62. The monoisotopic (exact) mass is 283 g/mol. The van der Waals surface area contributed by atoms with Crippen LogP contribution in [0.1, 0.15) is 29.7 Å². The second kappa shape index (κ2) is 7.96. The van der Waals surface area contributed by atoms with Crippen LogP contribution in [0.4, 0.5) is 0 Å². The predicted octanol–water partition coefficient (Wildman–Crippen LogP) is 4.05. The lowest BCUT2D eigenvalue weighted by Crippen LogP contribution is -2.23. The Labute approximate surface area is 128 Å². The Kier molecular flexibility index (Phi) is 5.97. The Balaban J connectivity index is 2.13. The van der Waals surface area contributed by atoms with Crippen molar-refractivity contribution in [2.45, 2.75) is 20.0 Å². The van der Waals surface area contributed by atoms with Gasteiger partial charge in [0.25, 0.3) is 0 Å². The normalized spacial score (nSPS) is 12.6. The molecule has 0 fully saturated rings. The molecule has 0 aromatic heterocycles. The van der Waals surface area contributed by atoms with Crippen molar-refractivity contribution >= 4 is 0 Å². The number of hydrogen-bond donors (Lipinski definition) is 0. The lowest BCUT2D eigenvalue weighted by Gasteiger charge is -2.21. The smallest absolute Gasteiger partial charge is 0.108 e. The largest absolute Gasteiger partial charge is 0.367 e. The summed E-state index contributed by atoms with van der Waals surface area (Å²) in [7, 11) is 2.12. The highest BCUT2D eigenvalue weighted by molar-refractivity contribution is 5.31. The molecule has 2 aromatic rings. The molecule has 0 aliphatic heterocycles. The maximum atomic E-state index is 6.18. The average Bonchev–Trinajstić information content (AvgIpc) is 2.53. The van der Waals surface area contributed by atoms with E-state index in [9.17, 15) is 0 Å². The molecule has 2 heteroatoms. The van der Waals surface area contributed by atoms with Crippen LogP contribution in [0.15, 0.2) is 54.6 Å². The first kappa shape index (κ1) is 15.7. The van der Waals surface area contributed by atoms with Crippen molar-refractivity contribution in [3.63, 3.8) is 0 Å². The van der Waals surface area contributed by atoms with Crippen molar-refractivity contribution in [2.75, 3.05) is 26.7 Å². The maximum Gasteiger partial charge on any atom is 0.108 e. The zero-order valence-electron chi connectivity index (χ0n) is 13.3. The first-order chi connectivity index (χ1) is 10.2. The summed E-state index contributed by atoms with van der Waals surface area (Å²) in [4.78, 5) is 2.26. The second-order valence-corrected chi connectivity index (χ2v) is 5.47. The number of hydrogen-bond acceptors (Lipinski definition) is 2. The molecule has 0 bridgehead atoms. The van der Waals surface area contributed by atoms with E-state index < -0.39 is 0 Å². The molecule has 0 aliphatic rings. The molecule has 0 amide bonds. The number of ether oxygens (including phenoxy) is 1. The summed E-state index contributed by atoms with van der Waals surface area (Å²) in [5.74, 6) is 0. The summed E-state index contributed by atoms with van der Waals surface area (Å²) >= 11 is 0. The number of rotatable bonds is 7. The number of benzene rings is 2. The van der Waals surface area contributed by atoms with E-state index in [2.05, 4.69) is 74.3 Å². The van der Waals surface area contributed by atoms with Crippen LogP contribution in [0.25, 0.3) is 0 Å². The molecule has 0 saturated heterocycles. The molecule has 2 aromatic carbocycles. The highest BCUT2D eigenvalue weighted by Crippen LogP contribution is 2.26. The molecule has 0 aliphatic carbocycles. The van der Waals surface area contributed by atoms with E-state index in [1.165, 1.54) is 16.7 Å². The second-order valence-electron chi connectivity index (χ2n) is 5.47. The Hall–Kier alpha value is -1.64. The summed E-state index contributed by atoms with van der Waals surface area (Å²) in [6.07, 6.45) is 0.0112. The Morgan fingerprint density at radius 3 is 2.19 bits per heavy atom. The van der Waals surface area contributed by atoms with Gasteiger partial charge in [-0.1, -0.05) is 67.1 Å². The third-order valence-electron chi connectivity index (χ3n) is 3.78. The van der Waals surface area contributed by atoms with Crippen molar-refractivity contribution < 1.29 is 4.74 Å². The molecule has 0 N–H and O–H groups in total. The van der Waals surface area contributed by atoms with Crippen LogP contribution in [0.5, 0.6) is 0 Å². The molecular formula is C19H25NO. The van der Waals surface area contributed by atoms with Crippen molar-refractivity contribution in [1.29, 1.82) is 0 Å². The maximum absolute atomic E-state index is 6.18. The van der Waals surface area contributed by atoms with Crippen LogP contribution in [-0.2, 0) is 4.74 Å². The van der Waals surface area contributed by atoms with E-state index in [1.807, 2.05) is 6.07 Å². The molecule has 1 unspecified atom stereocenters. The predicted molar refractivity (Wildman–Crippen MR) is 88.6 cm³/mol. The number of aryl methyl sites for hydroxylation is 1. The molecule has 1 atom stereocenters. The van der Waals surface area contributed by atoms with Gasteiger partial charge in [0.15, 0.2) is 0 Å². The van der Waals surface area contributed by atoms with Gasteiger partial charge in [0.05, 0.1) is 6.61 Å². The van der Waals surface area contributed by atoms with Gasteiger partial charge in [0.2, 0.25) is 0 Å². The van der Waals surface area contributed by atoms with Crippen molar-refractivity contribution in [1.82, 2.24) is 4.90 Å². The van der Waals surface area contributed by atoms with Crippen LogP contribution in [0.3, 0.4) is 0 Å². The van der Waals surface area contributed by atoms with E-state index in [4.69, 9.17) is 4.74 Å². The molecular weight excluding hydrogens is 258 g/mol. The zero-order valence-corrected chi connectivity index (χ0v) is 13.3. The molecule has 0 heterocycles. The molecule has 0 saturated carbocycles. The third kappa shape index (κ3) is 4.69. The van der Waals surface area contributed by atoms with Crippen LogP contribution >= 0.6 is 0 Å². The van der Waals surface area contributed by atoms with Gasteiger partial charge in [0, 0.05) is 6.54 Å². The summed E-state index contributed by atoms with van der Waals surface area (Å²) in [6, 6.07) is 19.1. The Morgan fingerprint density at radius 1 is 0.952 bits per heavy atom. The lowest BCUT2D eigenvalue weighted by atomic mass is 10.0. The quantitative estimate of drug-likeness (QED) is 0.760. The fraction of sp³-hybridized carbons (Fsp3) is 0.368. The molecule has 2 rings (SSSR count). The minimum atomic E-state index is 0.0112. The highest BCUT2D eigenvalue weighted by atomic mass is 16.5. The topological polar surface area (TPSA) is 12.5 Å². The molecule has 21 heavy (non-hydrogen) atoms. The zero-order chi connectivity index (χ0) is 15.1. The van der Waals surface area contributed by atoms with Gasteiger partial charge in [-0.3, -0.25) is 0 Å². The van der Waals surface area contributed by atoms with E-state index in [0.717, 1.165) is 19.7 Å². The SMILES string of the molecule is CCN(C)CCOC(c1ccccc1)c1ccc(C)cc1. The van der Waals surface area contributed by atoms with E-state index in [-0.39, 0.29) is 6.10 Å². The van der Waals surface area contributed by atoms with Crippen LogP contribution in [0.2, 0.25) is 0 Å². The lowest BCUT2D eigenvalue weighted by molar-refractivity contribution is 0.0656. The van der Waals surface area contributed by atoms with Gasteiger partial charge in [-0.25, -0.2) is 0 Å². The van der Waals surface area contributed by atoms with Crippen molar-refractivity contribution in [2.24, 2.45) is 0 Å². The highest BCUT2D eigenvalue weighted by Gasteiger charge is 2.14. The summed E-state index contributed by atoms with van der Waals surface area (Å²) in [6.45, 7) is 7.00. The fourth-order valence-corrected chi connectivity index (χ4v) is 2.24. The van der Waals surface area contributed by atoms with Crippen LogP contribution in [-0.4, -0.2) is 31.6 Å². The third-order valence-corrected chi connectivity index (χ3v) is 3.78. The van der Waals surface area contributed by atoms with E-state index in [0.29, 0.717) is 0 Å². The van der Waals surface area contributed by atoms with Gasteiger partial charge >= 0.3 is 0 Å². The summed E-state index contributed by atoms with van der Waals surface area (Å²) in [5.41, 5.74) is 3.70. The van der Waals surface area contributed by atoms with Crippen molar-refractivity contribution in [3.8, 4) is 0 Å². The minimum Gasteiger partial charge on any atom is -0.367 e. The molecule has 0 radical (unpaired) electrons. The average molecular weight is 283 g/mol. The fourth-order valence-electron chi connectivity index (χ4n) is 2.24. The Bertz CT molecular complexity index is 521. The van der Waals surface area contributed by atoms with Crippen LogP contribution in [0, 0.1) is 6.92 Å². The molecule has 112 valence electrons. The van der Waals surface area contributed by atoms with Crippen molar-refractivity contribution in [3.05, 3.63) is 71.3 Å². The Morgan fingerprint density at radius 2 is 1.57 bits per heavy atom. The van der Waals surface area contributed by atoms with Gasteiger partial charge in [0.1, 0.15) is 6.10 Å². The van der Waals surface area contributed by atoms with Gasteiger partial charge in [-0.05, 0) is 31.6 Å². The van der Waals surface area contributed by atoms with Gasteiger partial charge in [-0.15, -0.1) is 0 Å². The van der Waals surface area contributed by atoms with E-state index >= 15 is 0 Å². The first-order valence-corrected chi connectivity index (χ1v) is 7.62.